The maximum Gasteiger partial charge on any atom is 0.170 e. The molecule has 0 amide bonds. The van der Waals surface area contributed by atoms with Crippen molar-refractivity contribution in [2.24, 2.45) is 10.9 Å². The van der Waals surface area contributed by atoms with E-state index in [9.17, 15) is 4.39 Å². The van der Waals surface area contributed by atoms with Crippen LogP contribution in [0.1, 0.15) is 11.1 Å². The second-order valence-corrected chi connectivity index (χ2v) is 4.23. The summed E-state index contributed by atoms with van der Waals surface area (Å²) in [7, 11) is 0. The van der Waals surface area contributed by atoms with E-state index in [1.165, 1.54) is 12.1 Å². The summed E-state index contributed by atoms with van der Waals surface area (Å²) in [6, 6.07) is 6.07. The van der Waals surface area contributed by atoms with Gasteiger partial charge in [-0.25, -0.2) is 4.39 Å². The van der Waals surface area contributed by atoms with Crippen molar-refractivity contribution in [3.63, 3.8) is 0 Å². The summed E-state index contributed by atoms with van der Waals surface area (Å²) in [4.78, 5) is 0. The Bertz CT molecular complexity index is 582. The van der Waals surface area contributed by atoms with Crippen LogP contribution in [0.3, 0.4) is 0 Å². The van der Waals surface area contributed by atoms with Gasteiger partial charge in [0.2, 0.25) is 0 Å². The Balaban J connectivity index is 1.95. The predicted octanol–water partition coefficient (Wildman–Crippen LogP) is 0.906. The van der Waals surface area contributed by atoms with E-state index in [1.54, 1.807) is 12.3 Å². The van der Waals surface area contributed by atoms with Crippen LogP contribution >= 0.6 is 0 Å². The number of nitrogens with one attached hydrogen (secondary N) is 1. The minimum Gasteiger partial charge on any atom is -0.409 e. The van der Waals surface area contributed by atoms with Crippen molar-refractivity contribution in [1.29, 1.82) is 0 Å². The normalized spacial score (nSPS) is 11.8. The average Bonchev–Trinajstić information content (AvgIpc) is 2.97. The lowest BCUT2D eigenvalue weighted by atomic mass is 10.1. The Labute approximate surface area is 115 Å². The second-order valence-electron chi connectivity index (χ2n) is 4.23. The number of amidine groups is 1. The van der Waals surface area contributed by atoms with Crippen LogP contribution in [-0.4, -0.2) is 27.4 Å². The van der Waals surface area contributed by atoms with E-state index in [2.05, 4.69) is 15.6 Å². The molecule has 2 rings (SSSR count). The van der Waals surface area contributed by atoms with Gasteiger partial charge in [0, 0.05) is 31.0 Å². The predicted molar refractivity (Wildman–Crippen MR) is 72.8 cm³/mol. The van der Waals surface area contributed by atoms with E-state index in [4.69, 9.17) is 10.9 Å². The van der Waals surface area contributed by atoms with Crippen molar-refractivity contribution in [3.05, 3.63) is 53.6 Å². The van der Waals surface area contributed by atoms with Crippen molar-refractivity contribution in [2.75, 3.05) is 6.54 Å². The van der Waals surface area contributed by atoms with Gasteiger partial charge in [-0.05, 0) is 23.8 Å². The lowest BCUT2D eigenvalue weighted by molar-refractivity contribution is 0.318. The number of benzene rings is 1. The van der Waals surface area contributed by atoms with Crippen molar-refractivity contribution < 1.29 is 9.60 Å². The fraction of sp³-hybridized carbons (Fsp3) is 0.231. The number of nitrogens with two attached hydrogens (primary N) is 1. The number of oxime groups is 1. The van der Waals surface area contributed by atoms with Gasteiger partial charge in [-0.1, -0.05) is 11.2 Å². The molecule has 6 nitrogen and oxygen atoms in total. The van der Waals surface area contributed by atoms with Crippen LogP contribution < -0.4 is 11.1 Å². The molecular weight excluding hydrogens is 261 g/mol. The molecule has 1 heterocycles. The van der Waals surface area contributed by atoms with Crippen LogP contribution in [0.2, 0.25) is 0 Å². The first-order chi connectivity index (χ1) is 9.70. The summed E-state index contributed by atoms with van der Waals surface area (Å²) in [5.74, 6) is -0.528. The third-order valence-corrected chi connectivity index (χ3v) is 2.85. The molecule has 0 spiro atoms. The number of hydrogen-bond donors (Lipinski definition) is 3. The highest BCUT2D eigenvalue weighted by Crippen LogP contribution is 2.11. The summed E-state index contributed by atoms with van der Waals surface area (Å²) in [6.07, 6.45) is 3.60. The standard InChI is InChI=1S/C13H16FN5O/c14-11-3-2-10(12(8-11)13(15)18-20)9-16-5-7-19-6-1-4-17-19/h1-4,6,8,16,20H,5,7,9H2,(H2,15,18). The molecular formula is C13H16FN5O. The fourth-order valence-corrected chi connectivity index (χ4v) is 1.84. The molecule has 0 radical (unpaired) electrons. The van der Waals surface area contributed by atoms with Gasteiger partial charge >= 0.3 is 0 Å². The molecule has 0 aliphatic carbocycles. The van der Waals surface area contributed by atoms with Gasteiger partial charge in [-0.3, -0.25) is 4.68 Å². The number of aromatic nitrogens is 2. The van der Waals surface area contributed by atoms with Gasteiger partial charge in [-0.2, -0.15) is 5.10 Å². The Morgan fingerprint density at radius 2 is 2.35 bits per heavy atom. The van der Waals surface area contributed by atoms with Crippen molar-refractivity contribution in [1.82, 2.24) is 15.1 Å². The molecule has 0 unspecified atom stereocenters. The molecule has 0 bridgehead atoms. The summed E-state index contributed by atoms with van der Waals surface area (Å²) < 4.78 is 15.0. The maximum atomic E-state index is 13.2. The smallest absolute Gasteiger partial charge is 0.170 e. The highest BCUT2D eigenvalue weighted by atomic mass is 19.1. The molecule has 1 aromatic heterocycles. The Hall–Kier alpha value is -2.41. The number of hydrogen-bond acceptors (Lipinski definition) is 4. The first-order valence-electron chi connectivity index (χ1n) is 6.15. The molecule has 0 aliphatic rings. The molecule has 0 atom stereocenters. The molecule has 0 aliphatic heterocycles. The molecule has 4 N–H and O–H groups in total. The van der Waals surface area contributed by atoms with Crippen LogP contribution in [0.4, 0.5) is 4.39 Å². The summed E-state index contributed by atoms with van der Waals surface area (Å²) in [6.45, 7) is 1.93. The molecule has 1 aromatic carbocycles. The van der Waals surface area contributed by atoms with Gasteiger partial charge in [0.15, 0.2) is 5.84 Å². The highest BCUT2D eigenvalue weighted by Gasteiger charge is 2.08. The Morgan fingerprint density at radius 1 is 1.50 bits per heavy atom. The van der Waals surface area contributed by atoms with Gasteiger partial charge in [-0.15, -0.1) is 0 Å². The number of rotatable bonds is 6. The minimum absolute atomic E-state index is 0.103. The molecule has 0 fully saturated rings. The van der Waals surface area contributed by atoms with Crippen LogP contribution in [-0.2, 0) is 13.1 Å². The van der Waals surface area contributed by atoms with Crippen LogP contribution in [0.25, 0.3) is 0 Å². The summed E-state index contributed by atoms with van der Waals surface area (Å²) in [5, 5.41) is 18.9. The van der Waals surface area contributed by atoms with E-state index < -0.39 is 5.82 Å². The molecule has 2 aromatic rings. The Morgan fingerprint density at radius 3 is 3.05 bits per heavy atom. The molecule has 20 heavy (non-hydrogen) atoms. The van der Waals surface area contributed by atoms with Gasteiger partial charge in [0.25, 0.3) is 0 Å². The highest BCUT2D eigenvalue weighted by molar-refractivity contribution is 5.98. The van der Waals surface area contributed by atoms with Crippen LogP contribution in [0, 0.1) is 5.82 Å². The second kappa shape index (κ2) is 6.67. The quantitative estimate of drug-likeness (QED) is 0.241. The first-order valence-corrected chi connectivity index (χ1v) is 6.15. The largest absolute Gasteiger partial charge is 0.409 e. The number of nitrogens with zero attached hydrogens (tertiary/aromatic N) is 3. The fourth-order valence-electron chi connectivity index (χ4n) is 1.84. The third kappa shape index (κ3) is 3.55. The SMILES string of the molecule is NC(=NO)c1cc(F)ccc1CNCCn1cccn1. The van der Waals surface area contributed by atoms with E-state index in [0.29, 0.717) is 18.7 Å². The summed E-state index contributed by atoms with van der Waals surface area (Å²) >= 11 is 0. The molecule has 106 valence electrons. The van der Waals surface area contributed by atoms with Gasteiger partial charge in [0.05, 0.1) is 6.54 Å². The minimum atomic E-state index is -0.424. The lowest BCUT2D eigenvalue weighted by Crippen LogP contribution is -2.23. The third-order valence-electron chi connectivity index (χ3n) is 2.85. The van der Waals surface area contributed by atoms with Gasteiger partial charge < -0.3 is 16.3 Å². The molecule has 0 saturated carbocycles. The molecule has 0 saturated heterocycles. The molecule has 7 heteroatoms. The van der Waals surface area contributed by atoms with E-state index in [-0.39, 0.29) is 5.84 Å². The zero-order chi connectivity index (χ0) is 14.4. The zero-order valence-electron chi connectivity index (χ0n) is 10.8. The lowest BCUT2D eigenvalue weighted by Gasteiger charge is -2.10. The number of halogens is 1. The summed E-state index contributed by atoms with van der Waals surface area (Å²) in [5.41, 5.74) is 6.69. The van der Waals surface area contributed by atoms with Gasteiger partial charge in [0.1, 0.15) is 5.82 Å². The van der Waals surface area contributed by atoms with Crippen molar-refractivity contribution in [3.8, 4) is 0 Å². The Kier molecular flexibility index (Phi) is 4.67. The van der Waals surface area contributed by atoms with Crippen molar-refractivity contribution in [2.45, 2.75) is 13.1 Å². The topological polar surface area (TPSA) is 88.5 Å². The van der Waals surface area contributed by atoms with Crippen LogP contribution in [0.15, 0.2) is 41.8 Å². The van der Waals surface area contributed by atoms with E-state index in [0.717, 1.165) is 12.1 Å². The monoisotopic (exact) mass is 277 g/mol. The van der Waals surface area contributed by atoms with E-state index in [1.807, 2.05) is 16.9 Å². The van der Waals surface area contributed by atoms with E-state index >= 15 is 0 Å². The average molecular weight is 277 g/mol. The van der Waals surface area contributed by atoms with Crippen LogP contribution in [0.5, 0.6) is 0 Å². The maximum absolute atomic E-state index is 13.2. The first kappa shape index (κ1) is 14.0. The van der Waals surface area contributed by atoms with Crippen molar-refractivity contribution >= 4 is 5.84 Å². The zero-order valence-corrected chi connectivity index (χ0v) is 10.8.